The Morgan fingerprint density at radius 3 is 2.12 bits per heavy atom. The van der Waals surface area contributed by atoms with Crippen LogP contribution < -0.4 is 0 Å². The van der Waals surface area contributed by atoms with Gasteiger partial charge in [0, 0.05) is 19.5 Å². The molecule has 0 aromatic rings. The number of carbonyl (C=O) groups is 1. The Morgan fingerprint density at radius 2 is 2.00 bits per heavy atom. The summed E-state index contributed by atoms with van der Waals surface area (Å²) in [6.07, 6.45) is 0.823. The molecule has 0 rings (SSSR count). The van der Waals surface area contributed by atoms with Crippen LogP contribution in [0.3, 0.4) is 0 Å². The zero-order chi connectivity index (χ0) is 6.41. The van der Waals surface area contributed by atoms with Gasteiger partial charge >= 0.3 is 14.8 Å². The van der Waals surface area contributed by atoms with Crippen molar-refractivity contribution in [3.8, 4) is 0 Å². The van der Waals surface area contributed by atoms with Crippen LogP contribution >= 0.6 is 0 Å². The molecule has 0 spiro atoms. The summed E-state index contributed by atoms with van der Waals surface area (Å²) in [6, 6.07) is 0. The molecular formula is C4H9AlO3. The predicted molar refractivity (Wildman–Crippen MR) is 30.6 cm³/mol. The van der Waals surface area contributed by atoms with Crippen LogP contribution in [0, 0.1) is 0 Å². The van der Waals surface area contributed by atoms with E-state index in [9.17, 15) is 4.79 Å². The first kappa shape index (κ1) is 8.12. The molecule has 0 aliphatic rings. The summed E-state index contributed by atoms with van der Waals surface area (Å²) in [7, 11) is 3.12. The van der Waals surface area contributed by atoms with E-state index in [0.717, 1.165) is 6.29 Å². The van der Waals surface area contributed by atoms with E-state index < -0.39 is 14.8 Å². The van der Waals surface area contributed by atoms with Crippen LogP contribution in [-0.2, 0) is 12.4 Å². The van der Waals surface area contributed by atoms with Crippen LogP contribution in [0.4, 0.5) is 0 Å². The van der Waals surface area contributed by atoms with E-state index in [1.54, 1.807) is 14.2 Å². The van der Waals surface area contributed by atoms with Crippen molar-refractivity contribution in [2.24, 2.45) is 0 Å². The number of rotatable bonds is 4. The summed E-state index contributed by atoms with van der Waals surface area (Å²) in [6.45, 7) is 0. The molecule has 0 heterocycles. The van der Waals surface area contributed by atoms with Gasteiger partial charge in [-0.25, -0.2) is 0 Å². The highest BCUT2D eigenvalue weighted by atomic mass is 27.2. The Hall–Kier alpha value is 0.122. The molecule has 0 aromatic carbocycles. The molecule has 46 valence electrons. The largest absolute Gasteiger partial charge is 0.681 e. The van der Waals surface area contributed by atoms with Gasteiger partial charge in [-0.15, -0.1) is 0 Å². The van der Waals surface area contributed by atoms with Crippen molar-refractivity contribution in [1.82, 2.24) is 0 Å². The molecule has 0 bridgehead atoms. The van der Waals surface area contributed by atoms with Gasteiger partial charge in [-0.05, 0) is 0 Å². The van der Waals surface area contributed by atoms with Crippen molar-refractivity contribution >= 4 is 21.1 Å². The zero-order valence-electron chi connectivity index (χ0n) is 5.09. The van der Waals surface area contributed by atoms with Gasteiger partial charge < -0.3 is 12.4 Å². The normalized spacial score (nSPS) is 8.75. The lowest BCUT2D eigenvalue weighted by Gasteiger charge is -1.99. The lowest BCUT2D eigenvalue weighted by Crippen LogP contribution is -2.18. The van der Waals surface area contributed by atoms with Gasteiger partial charge in [-0.3, -0.25) is 0 Å². The van der Waals surface area contributed by atoms with Crippen LogP contribution in [-0.4, -0.2) is 35.3 Å². The Labute approximate surface area is 53.6 Å². The maximum atomic E-state index is 9.81. The number of aldehydes is 1. The summed E-state index contributed by atoms with van der Waals surface area (Å²) < 4.78 is 9.65. The molecule has 0 radical (unpaired) electrons. The molecule has 0 atom stereocenters. The molecule has 0 saturated heterocycles. The van der Waals surface area contributed by atoms with Gasteiger partial charge in [0.2, 0.25) is 0 Å². The van der Waals surface area contributed by atoms with Crippen molar-refractivity contribution < 1.29 is 12.4 Å². The Balaban J connectivity index is 3.20. The monoisotopic (exact) mass is 132 g/mol. The highest BCUT2D eigenvalue weighted by Gasteiger charge is 2.19. The highest BCUT2D eigenvalue weighted by Crippen LogP contribution is 1.88. The van der Waals surface area contributed by atoms with E-state index in [4.69, 9.17) is 7.58 Å². The molecule has 0 unspecified atom stereocenters. The average molecular weight is 132 g/mol. The summed E-state index contributed by atoms with van der Waals surface area (Å²) in [4.78, 5) is 9.81. The summed E-state index contributed by atoms with van der Waals surface area (Å²) >= 11 is -1.56. The Bertz CT molecular complexity index is 62.3. The van der Waals surface area contributed by atoms with Gasteiger partial charge in [0.05, 0.1) is 0 Å². The molecule has 0 aromatic heterocycles. The summed E-state index contributed by atoms with van der Waals surface area (Å²) in [5.74, 6) is 0. The van der Waals surface area contributed by atoms with E-state index >= 15 is 0 Å². The fourth-order valence-corrected chi connectivity index (χ4v) is 1.10. The third-order valence-electron chi connectivity index (χ3n) is 0.814. The van der Waals surface area contributed by atoms with Crippen molar-refractivity contribution in [2.45, 2.75) is 5.28 Å². The summed E-state index contributed by atoms with van der Waals surface area (Å²) in [5.41, 5.74) is 0. The standard InChI is InChI=1S/C2H3O.2CH3O.Al/c1-2-3;2*1-2;/h2H,1H2;2*1H3;/q;2*-1;+2. The minimum absolute atomic E-state index is 0.438. The third-order valence-corrected chi connectivity index (χ3v) is 2.44. The SMILES string of the molecule is C[O][Al]([CH2]C=O)[O]C. The first-order valence-corrected chi connectivity index (χ1v) is 4.10. The van der Waals surface area contributed by atoms with Gasteiger partial charge in [0.25, 0.3) is 0 Å². The minimum Gasteiger partial charge on any atom is -0.481 e. The van der Waals surface area contributed by atoms with Crippen LogP contribution in [0.1, 0.15) is 0 Å². The highest BCUT2D eigenvalue weighted by molar-refractivity contribution is 6.47. The van der Waals surface area contributed by atoms with E-state index in [2.05, 4.69) is 0 Å². The molecule has 0 aliphatic carbocycles. The second-order valence-electron chi connectivity index (χ2n) is 1.30. The van der Waals surface area contributed by atoms with Crippen LogP contribution in [0.25, 0.3) is 0 Å². The second-order valence-corrected chi connectivity index (χ2v) is 3.58. The van der Waals surface area contributed by atoms with Crippen molar-refractivity contribution in [2.75, 3.05) is 14.2 Å². The first-order valence-electron chi connectivity index (χ1n) is 2.34. The minimum atomic E-state index is -1.56. The quantitative estimate of drug-likeness (QED) is 0.398. The van der Waals surface area contributed by atoms with E-state index in [1.165, 1.54) is 0 Å². The third kappa shape index (κ3) is 3.17. The van der Waals surface area contributed by atoms with E-state index in [0.29, 0.717) is 5.28 Å². The Morgan fingerprint density at radius 1 is 1.50 bits per heavy atom. The summed E-state index contributed by atoms with van der Waals surface area (Å²) in [5, 5.41) is 0.438. The predicted octanol–water partition coefficient (Wildman–Crippen LogP) is -0.0337. The van der Waals surface area contributed by atoms with Crippen LogP contribution in [0.5, 0.6) is 0 Å². The van der Waals surface area contributed by atoms with Crippen molar-refractivity contribution in [1.29, 1.82) is 0 Å². The molecular weight excluding hydrogens is 123 g/mol. The van der Waals surface area contributed by atoms with Crippen molar-refractivity contribution in [3.05, 3.63) is 0 Å². The molecule has 0 amide bonds. The average Bonchev–Trinajstić information content (AvgIpc) is 1.83. The fraction of sp³-hybridized carbons (Fsp3) is 0.750. The molecule has 4 heteroatoms. The first-order chi connectivity index (χ1) is 3.85. The lowest BCUT2D eigenvalue weighted by atomic mass is 10.9. The zero-order valence-corrected chi connectivity index (χ0v) is 6.24. The maximum absolute atomic E-state index is 9.81. The van der Waals surface area contributed by atoms with E-state index in [1.807, 2.05) is 0 Å². The number of carbonyl (C=O) groups excluding carboxylic acids is 1. The Kier molecular flexibility index (Phi) is 5.34. The van der Waals surface area contributed by atoms with Gasteiger partial charge in [-0.1, -0.05) is 0 Å². The van der Waals surface area contributed by atoms with Crippen LogP contribution in [0.2, 0.25) is 5.28 Å². The number of hydrogen-bond donors (Lipinski definition) is 0. The topological polar surface area (TPSA) is 35.5 Å². The molecule has 8 heavy (non-hydrogen) atoms. The second kappa shape index (κ2) is 5.26. The lowest BCUT2D eigenvalue weighted by molar-refractivity contribution is -0.106. The smallest absolute Gasteiger partial charge is 0.481 e. The molecule has 0 saturated carbocycles. The van der Waals surface area contributed by atoms with Crippen molar-refractivity contribution in [3.63, 3.8) is 0 Å². The van der Waals surface area contributed by atoms with Gasteiger partial charge in [0.15, 0.2) is 0 Å². The number of hydrogen-bond acceptors (Lipinski definition) is 3. The fourth-order valence-electron chi connectivity index (χ4n) is 0.367. The molecule has 3 nitrogen and oxygen atoms in total. The molecule has 0 aliphatic heterocycles. The van der Waals surface area contributed by atoms with Gasteiger partial charge in [0.1, 0.15) is 6.29 Å². The molecule has 0 N–H and O–H groups in total. The van der Waals surface area contributed by atoms with E-state index in [-0.39, 0.29) is 0 Å². The van der Waals surface area contributed by atoms with Gasteiger partial charge in [-0.2, -0.15) is 0 Å². The maximum Gasteiger partial charge on any atom is 0.681 e. The molecule has 0 fully saturated rings. The van der Waals surface area contributed by atoms with Crippen LogP contribution in [0.15, 0.2) is 0 Å².